The molecule has 0 aromatic carbocycles. The summed E-state index contributed by atoms with van der Waals surface area (Å²) < 4.78 is 0. The second-order valence-electron chi connectivity index (χ2n) is 3.62. The zero-order chi connectivity index (χ0) is 10.6. The van der Waals surface area contributed by atoms with Gasteiger partial charge >= 0.3 is 0 Å². The molecule has 0 spiro atoms. The highest BCUT2D eigenvalue weighted by Crippen LogP contribution is 1.95. The summed E-state index contributed by atoms with van der Waals surface area (Å²) in [6.07, 6.45) is 3.09. The standard InChI is InChI=1S/C9H16N4O/c1-7(6-13(2)3)12-9(14)8-4-10-11-5-8/h4-5,7H,6H2,1-3H3,(H,10,11)(H,12,14). The molecule has 0 aliphatic heterocycles. The van der Waals surface area contributed by atoms with Crippen molar-refractivity contribution in [2.75, 3.05) is 20.6 Å². The maximum atomic E-state index is 11.5. The normalized spacial score (nSPS) is 12.9. The topological polar surface area (TPSA) is 61.0 Å². The lowest BCUT2D eigenvalue weighted by Crippen LogP contribution is -2.39. The first kappa shape index (κ1) is 10.7. The lowest BCUT2D eigenvalue weighted by molar-refractivity contribution is 0.0934. The molecule has 0 bridgehead atoms. The predicted octanol–water partition coefficient (Wildman–Crippen LogP) is 0.0896. The minimum atomic E-state index is -0.0897. The van der Waals surface area contributed by atoms with Gasteiger partial charge in [-0.05, 0) is 21.0 Å². The van der Waals surface area contributed by atoms with E-state index in [0.29, 0.717) is 5.56 Å². The summed E-state index contributed by atoms with van der Waals surface area (Å²) in [6.45, 7) is 2.79. The van der Waals surface area contributed by atoms with Gasteiger partial charge in [-0.3, -0.25) is 9.89 Å². The summed E-state index contributed by atoms with van der Waals surface area (Å²) in [5.41, 5.74) is 0.565. The quantitative estimate of drug-likeness (QED) is 0.717. The summed E-state index contributed by atoms with van der Waals surface area (Å²) in [6, 6.07) is 0.132. The number of likely N-dealkylation sites (N-methyl/N-ethyl adjacent to an activating group) is 1. The van der Waals surface area contributed by atoms with Gasteiger partial charge in [-0.15, -0.1) is 0 Å². The molecule has 1 rings (SSSR count). The molecule has 0 saturated carbocycles. The Kier molecular flexibility index (Phi) is 3.64. The molecule has 1 aromatic rings. The molecule has 0 aliphatic rings. The number of aromatic nitrogens is 2. The van der Waals surface area contributed by atoms with Crippen LogP contribution in [0.1, 0.15) is 17.3 Å². The van der Waals surface area contributed by atoms with Gasteiger partial charge in [0.05, 0.1) is 11.8 Å². The summed E-state index contributed by atoms with van der Waals surface area (Å²) in [5.74, 6) is -0.0897. The predicted molar refractivity (Wildman–Crippen MR) is 54.1 cm³/mol. The van der Waals surface area contributed by atoms with Crippen LogP contribution in [0.15, 0.2) is 12.4 Å². The van der Waals surface area contributed by atoms with E-state index in [4.69, 9.17) is 0 Å². The van der Waals surface area contributed by atoms with Crippen molar-refractivity contribution in [2.45, 2.75) is 13.0 Å². The van der Waals surface area contributed by atoms with Gasteiger partial charge in [-0.1, -0.05) is 0 Å². The van der Waals surface area contributed by atoms with E-state index < -0.39 is 0 Å². The van der Waals surface area contributed by atoms with Crippen LogP contribution < -0.4 is 5.32 Å². The average Bonchev–Trinajstić information content (AvgIpc) is 2.53. The Morgan fingerprint density at radius 3 is 2.93 bits per heavy atom. The third-order valence-corrected chi connectivity index (χ3v) is 1.78. The van der Waals surface area contributed by atoms with Crippen molar-refractivity contribution >= 4 is 5.91 Å². The van der Waals surface area contributed by atoms with Crippen LogP contribution in [-0.4, -0.2) is 47.7 Å². The van der Waals surface area contributed by atoms with Crippen molar-refractivity contribution in [3.63, 3.8) is 0 Å². The van der Waals surface area contributed by atoms with Gasteiger partial charge in [0.2, 0.25) is 0 Å². The van der Waals surface area contributed by atoms with E-state index in [0.717, 1.165) is 6.54 Å². The van der Waals surface area contributed by atoms with E-state index in [2.05, 4.69) is 15.5 Å². The van der Waals surface area contributed by atoms with Crippen LogP contribution in [0.2, 0.25) is 0 Å². The Bertz CT molecular complexity index is 281. The lowest BCUT2D eigenvalue weighted by Gasteiger charge is -2.17. The number of carbonyl (C=O) groups excluding carboxylic acids is 1. The molecule has 0 fully saturated rings. The van der Waals surface area contributed by atoms with Crippen molar-refractivity contribution < 1.29 is 4.79 Å². The largest absolute Gasteiger partial charge is 0.348 e. The van der Waals surface area contributed by atoms with E-state index in [-0.39, 0.29) is 11.9 Å². The zero-order valence-electron chi connectivity index (χ0n) is 8.74. The molecule has 1 atom stereocenters. The summed E-state index contributed by atoms with van der Waals surface area (Å²) in [5, 5.41) is 9.19. The fourth-order valence-corrected chi connectivity index (χ4v) is 1.28. The summed E-state index contributed by atoms with van der Waals surface area (Å²) >= 11 is 0. The molecular weight excluding hydrogens is 180 g/mol. The highest BCUT2D eigenvalue weighted by Gasteiger charge is 2.10. The molecule has 1 unspecified atom stereocenters. The van der Waals surface area contributed by atoms with Gasteiger partial charge in [-0.25, -0.2) is 0 Å². The van der Waals surface area contributed by atoms with Crippen LogP contribution in [-0.2, 0) is 0 Å². The molecule has 78 valence electrons. The Morgan fingerprint density at radius 2 is 2.43 bits per heavy atom. The van der Waals surface area contributed by atoms with E-state index in [9.17, 15) is 4.79 Å². The van der Waals surface area contributed by atoms with Crippen LogP contribution in [0.4, 0.5) is 0 Å². The van der Waals surface area contributed by atoms with Gasteiger partial charge in [0, 0.05) is 18.8 Å². The Labute approximate surface area is 83.5 Å². The third-order valence-electron chi connectivity index (χ3n) is 1.78. The van der Waals surface area contributed by atoms with Crippen LogP contribution >= 0.6 is 0 Å². The number of hydrogen-bond donors (Lipinski definition) is 2. The summed E-state index contributed by atoms with van der Waals surface area (Å²) in [7, 11) is 3.95. The van der Waals surface area contributed by atoms with E-state index >= 15 is 0 Å². The van der Waals surface area contributed by atoms with E-state index in [1.165, 1.54) is 6.20 Å². The second kappa shape index (κ2) is 4.76. The number of H-pyrrole nitrogens is 1. The molecule has 0 aliphatic carbocycles. The SMILES string of the molecule is CC(CN(C)C)NC(=O)c1cn[nH]c1. The number of aromatic amines is 1. The number of rotatable bonds is 4. The number of amides is 1. The molecular formula is C9H16N4O. The Balaban J connectivity index is 2.41. The lowest BCUT2D eigenvalue weighted by atomic mass is 10.2. The minimum Gasteiger partial charge on any atom is -0.348 e. The first-order chi connectivity index (χ1) is 6.59. The first-order valence-corrected chi connectivity index (χ1v) is 4.54. The molecule has 5 heteroatoms. The second-order valence-corrected chi connectivity index (χ2v) is 3.62. The van der Waals surface area contributed by atoms with Gasteiger partial charge in [0.25, 0.3) is 5.91 Å². The van der Waals surface area contributed by atoms with Gasteiger partial charge in [0.1, 0.15) is 0 Å². The molecule has 1 heterocycles. The number of nitrogens with one attached hydrogen (secondary N) is 2. The van der Waals surface area contributed by atoms with E-state index in [1.54, 1.807) is 6.20 Å². The van der Waals surface area contributed by atoms with Gasteiger partial charge in [0.15, 0.2) is 0 Å². The number of nitrogens with zero attached hydrogens (tertiary/aromatic N) is 2. The molecule has 14 heavy (non-hydrogen) atoms. The van der Waals surface area contributed by atoms with Crippen molar-refractivity contribution in [1.29, 1.82) is 0 Å². The van der Waals surface area contributed by atoms with Gasteiger partial charge in [-0.2, -0.15) is 5.10 Å². The fourth-order valence-electron chi connectivity index (χ4n) is 1.28. The Hall–Kier alpha value is -1.36. The van der Waals surface area contributed by atoms with Crippen molar-refractivity contribution in [1.82, 2.24) is 20.4 Å². The molecule has 2 N–H and O–H groups in total. The van der Waals surface area contributed by atoms with Crippen LogP contribution in [0, 0.1) is 0 Å². The van der Waals surface area contributed by atoms with Crippen LogP contribution in [0.5, 0.6) is 0 Å². The summed E-state index contributed by atoms with van der Waals surface area (Å²) in [4.78, 5) is 13.5. The number of carbonyl (C=O) groups is 1. The van der Waals surface area contributed by atoms with Gasteiger partial charge < -0.3 is 10.2 Å². The van der Waals surface area contributed by atoms with Crippen molar-refractivity contribution in [3.8, 4) is 0 Å². The fraction of sp³-hybridized carbons (Fsp3) is 0.556. The number of hydrogen-bond acceptors (Lipinski definition) is 3. The minimum absolute atomic E-state index is 0.0897. The molecule has 5 nitrogen and oxygen atoms in total. The molecule has 0 radical (unpaired) electrons. The third kappa shape index (κ3) is 3.18. The van der Waals surface area contributed by atoms with Crippen molar-refractivity contribution in [2.24, 2.45) is 0 Å². The maximum absolute atomic E-state index is 11.5. The molecule has 1 amide bonds. The zero-order valence-corrected chi connectivity index (χ0v) is 8.74. The maximum Gasteiger partial charge on any atom is 0.254 e. The smallest absolute Gasteiger partial charge is 0.254 e. The first-order valence-electron chi connectivity index (χ1n) is 4.54. The highest BCUT2D eigenvalue weighted by atomic mass is 16.1. The van der Waals surface area contributed by atoms with Crippen LogP contribution in [0.3, 0.4) is 0 Å². The molecule has 0 saturated heterocycles. The van der Waals surface area contributed by atoms with E-state index in [1.807, 2.05) is 25.9 Å². The average molecular weight is 196 g/mol. The molecule has 1 aromatic heterocycles. The van der Waals surface area contributed by atoms with Crippen molar-refractivity contribution in [3.05, 3.63) is 18.0 Å². The monoisotopic (exact) mass is 196 g/mol. The Morgan fingerprint density at radius 1 is 1.71 bits per heavy atom. The van der Waals surface area contributed by atoms with Crippen LogP contribution in [0.25, 0.3) is 0 Å². The highest BCUT2D eigenvalue weighted by molar-refractivity contribution is 5.93.